The first-order valence-electron chi connectivity index (χ1n) is 9.52. The molecule has 150 valence electrons. The summed E-state index contributed by atoms with van der Waals surface area (Å²) in [7, 11) is 0. The minimum Gasteiger partial charge on any atom is -0.357 e. The Labute approximate surface area is 183 Å². The highest BCUT2D eigenvalue weighted by molar-refractivity contribution is 14.0. The van der Waals surface area contributed by atoms with E-state index in [0.717, 1.165) is 35.8 Å². The molecule has 2 aromatic heterocycles. The summed E-state index contributed by atoms with van der Waals surface area (Å²) in [6.07, 6.45) is 5.73. The number of rotatable bonds is 7. The van der Waals surface area contributed by atoms with Crippen molar-refractivity contribution in [2.24, 2.45) is 10.9 Å². The predicted octanol–water partition coefficient (Wildman–Crippen LogP) is 3.96. The second-order valence-corrected chi connectivity index (χ2v) is 6.93. The number of benzene rings is 1. The summed E-state index contributed by atoms with van der Waals surface area (Å²) in [4.78, 5) is 13.6. The maximum Gasteiger partial charge on any atom is 0.191 e. The standard InChI is InChI=1S/C21H28N6.HI/c1-4-22-21(26-14-20-24-11-12-27(20)15-16(2)3)25-13-17-9-10-23-19-8-6-5-7-18(17)19;/h5-12,16H,4,13-15H2,1-3H3,(H2,22,25,26);1H. The van der Waals surface area contributed by atoms with Crippen molar-refractivity contribution in [1.82, 2.24) is 25.2 Å². The quantitative estimate of drug-likeness (QED) is 0.298. The predicted molar refractivity (Wildman–Crippen MR) is 126 cm³/mol. The normalized spacial score (nSPS) is 11.5. The fourth-order valence-corrected chi connectivity index (χ4v) is 3.03. The summed E-state index contributed by atoms with van der Waals surface area (Å²) in [6, 6.07) is 10.2. The highest BCUT2D eigenvalue weighted by atomic mass is 127. The van der Waals surface area contributed by atoms with Gasteiger partial charge in [-0.05, 0) is 30.5 Å². The Morgan fingerprint density at radius 1 is 1.11 bits per heavy atom. The van der Waals surface area contributed by atoms with Crippen LogP contribution in [0.25, 0.3) is 10.9 Å². The number of imidazole rings is 1. The number of para-hydroxylation sites is 1. The van der Waals surface area contributed by atoms with Crippen LogP contribution in [0.3, 0.4) is 0 Å². The van der Waals surface area contributed by atoms with E-state index in [1.54, 1.807) is 0 Å². The van der Waals surface area contributed by atoms with Crippen LogP contribution in [-0.2, 0) is 19.6 Å². The zero-order valence-electron chi connectivity index (χ0n) is 16.7. The lowest BCUT2D eigenvalue weighted by atomic mass is 10.1. The van der Waals surface area contributed by atoms with Crippen molar-refractivity contribution in [2.45, 2.75) is 40.4 Å². The van der Waals surface area contributed by atoms with Gasteiger partial charge in [-0.2, -0.15) is 0 Å². The summed E-state index contributed by atoms with van der Waals surface area (Å²) in [6.45, 7) is 9.50. The zero-order chi connectivity index (χ0) is 19.1. The lowest BCUT2D eigenvalue weighted by molar-refractivity contribution is 0.503. The average molecular weight is 492 g/mol. The molecule has 3 rings (SSSR count). The van der Waals surface area contributed by atoms with Crippen molar-refractivity contribution >= 4 is 40.8 Å². The highest BCUT2D eigenvalue weighted by Gasteiger charge is 2.06. The van der Waals surface area contributed by atoms with Crippen LogP contribution in [0.1, 0.15) is 32.2 Å². The van der Waals surface area contributed by atoms with Gasteiger partial charge in [0.05, 0.1) is 18.6 Å². The second kappa shape index (κ2) is 11.0. The van der Waals surface area contributed by atoms with Gasteiger partial charge in [-0.3, -0.25) is 4.98 Å². The number of nitrogens with zero attached hydrogens (tertiary/aromatic N) is 4. The third-order valence-electron chi connectivity index (χ3n) is 4.27. The number of hydrogen-bond donors (Lipinski definition) is 2. The number of aromatic nitrogens is 3. The summed E-state index contributed by atoms with van der Waals surface area (Å²) >= 11 is 0. The Hall–Kier alpha value is -2.16. The molecular weight excluding hydrogens is 463 g/mol. The molecule has 2 N–H and O–H groups in total. The summed E-state index contributed by atoms with van der Waals surface area (Å²) < 4.78 is 2.19. The Morgan fingerprint density at radius 3 is 2.71 bits per heavy atom. The third kappa shape index (κ3) is 5.92. The van der Waals surface area contributed by atoms with Crippen molar-refractivity contribution < 1.29 is 0 Å². The molecule has 0 unspecified atom stereocenters. The Balaban J connectivity index is 0.00000280. The van der Waals surface area contributed by atoms with E-state index in [-0.39, 0.29) is 24.0 Å². The fraction of sp³-hybridized carbons (Fsp3) is 0.381. The molecule has 0 fully saturated rings. The molecule has 0 aliphatic rings. The van der Waals surface area contributed by atoms with Gasteiger partial charge in [-0.1, -0.05) is 32.0 Å². The average Bonchev–Trinajstić information content (AvgIpc) is 3.10. The topological polar surface area (TPSA) is 67.1 Å². The van der Waals surface area contributed by atoms with Crippen LogP contribution in [0.5, 0.6) is 0 Å². The highest BCUT2D eigenvalue weighted by Crippen LogP contribution is 2.16. The van der Waals surface area contributed by atoms with Crippen molar-refractivity contribution in [1.29, 1.82) is 0 Å². The Bertz CT molecular complexity index is 897. The first kappa shape index (κ1) is 22.1. The Kier molecular flexibility index (Phi) is 8.69. The van der Waals surface area contributed by atoms with E-state index in [0.29, 0.717) is 19.0 Å². The van der Waals surface area contributed by atoms with Gasteiger partial charge in [0, 0.05) is 37.1 Å². The molecule has 0 bridgehead atoms. The SMILES string of the molecule is CCNC(=NCc1ccnc2ccccc12)NCc1nccn1CC(C)C.I. The van der Waals surface area contributed by atoms with Gasteiger partial charge in [-0.25, -0.2) is 9.98 Å². The van der Waals surface area contributed by atoms with Crippen LogP contribution in [0.2, 0.25) is 0 Å². The van der Waals surface area contributed by atoms with Crippen LogP contribution in [0, 0.1) is 5.92 Å². The van der Waals surface area contributed by atoms with Gasteiger partial charge in [0.25, 0.3) is 0 Å². The number of guanidine groups is 1. The lowest BCUT2D eigenvalue weighted by Gasteiger charge is -2.14. The van der Waals surface area contributed by atoms with Gasteiger partial charge in [0.15, 0.2) is 5.96 Å². The largest absolute Gasteiger partial charge is 0.357 e. The van der Waals surface area contributed by atoms with Crippen LogP contribution in [0.4, 0.5) is 0 Å². The van der Waals surface area contributed by atoms with Crippen molar-refractivity contribution in [3.8, 4) is 0 Å². The van der Waals surface area contributed by atoms with Crippen molar-refractivity contribution in [3.63, 3.8) is 0 Å². The molecule has 0 spiro atoms. The van der Waals surface area contributed by atoms with E-state index < -0.39 is 0 Å². The minimum absolute atomic E-state index is 0. The summed E-state index contributed by atoms with van der Waals surface area (Å²) in [5.41, 5.74) is 2.16. The molecule has 0 radical (unpaired) electrons. The molecule has 7 heteroatoms. The number of hydrogen-bond acceptors (Lipinski definition) is 3. The zero-order valence-corrected chi connectivity index (χ0v) is 19.1. The number of fused-ring (bicyclic) bond motifs is 1. The van der Waals surface area contributed by atoms with E-state index in [2.05, 4.69) is 52.0 Å². The molecule has 0 saturated carbocycles. The van der Waals surface area contributed by atoms with E-state index in [1.807, 2.05) is 42.9 Å². The van der Waals surface area contributed by atoms with Crippen LogP contribution in [-0.4, -0.2) is 27.0 Å². The molecule has 0 amide bonds. The van der Waals surface area contributed by atoms with Crippen molar-refractivity contribution in [2.75, 3.05) is 6.54 Å². The molecular formula is C21H29IN6. The number of nitrogens with one attached hydrogen (secondary N) is 2. The molecule has 3 aromatic rings. The molecule has 28 heavy (non-hydrogen) atoms. The van der Waals surface area contributed by atoms with Gasteiger partial charge < -0.3 is 15.2 Å². The first-order valence-corrected chi connectivity index (χ1v) is 9.52. The van der Waals surface area contributed by atoms with Crippen LogP contribution in [0.15, 0.2) is 53.9 Å². The molecule has 6 nitrogen and oxygen atoms in total. The third-order valence-corrected chi connectivity index (χ3v) is 4.27. The lowest BCUT2D eigenvalue weighted by Crippen LogP contribution is -2.37. The molecule has 0 atom stereocenters. The van der Waals surface area contributed by atoms with Gasteiger partial charge in [-0.15, -0.1) is 24.0 Å². The second-order valence-electron chi connectivity index (χ2n) is 6.93. The number of halogens is 1. The van der Waals surface area contributed by atoms with E-state index in [4.69, 9.17) is 4.99 Å². The number of aliphatic imine (C=N–C) groups is 1. The molecule has 0 aliphatic heterocycles. The summed E-state index contributed by atoms with van der Waals surface area (Å²) in [5, 5.41) is 7.85. The fourth-order valence-electron chi connectivity index (χ4n) is 3.03. The molecule has 0 saturated heterocycles. The number of pyridine rings is 1. The van der Waals surface area contributed by atoms with E-state index >= 15 is 0 Å². The van der Waals surface area contributed by atoms with Gasteiger partial charge in [0.1, 0.15) is 5.82 Å². The molecule has 2 heterocycles. The van der Waals surface area contributed by atoms with Gasteiger partial charge >= 0.3 is 0 Å². The van der Waals surface area contributed by atoms with E-state index in [9.17, 15) is 0 Å². The van der Waals surface area contributed by atoms with Crippen LogP contribution < -0.4 is 10.6 Å². The van der Waals surface area contributed by atoms with Crippen molar-refractivity contribution in [3.05, 3.63) is 60.3 Å². The van der Waals surface area contributed by atoms with Gasteiger partial charge in [0.2, 0.25) is 0 Å². The monoisotopic (exact) mass is 492 g/mol. The summed E-state index contributed by atoms with van der Waals surface area (Å²) in [5.74, 6) is 2.39. The van der Waals surface area contributed by atoms with E-state index in [1.165, 1.54) is 5.56 Å². The Morgan fingerprint density at radius 2 is 1.93 bits per heavy atom. The first-order chi connectivity index (χ1) is 13.2. The minimum atomic E-state index is 0. The maximum atomic E-state index is 4.75. The molecule has 0 aliphatic carbocycles. The molecule has 1 aromatic carbocycles. The maximum absolute atomic E-state index is 4.75. The van der Waals surface area contributed by atoms with Crippen LogP contribution >= 0.6 is 24.0 Å². The smallest absolute Gasteiger partial charge is 0.191 e.